The zero-order valence-electron chi connectivity index (χ0n) is 10.8. The Bertz CT molecular complexity index is 398. The minimum atomic E-state index is -1.07. The van der Waals surface area contributed by atoms with Crippen molar-refractivity contribution in [3.63, 3.8) is 0 Å². The van der Waals surface area contributed by atoms with Crippen LogP contribution >= 0.6 is 0 Å². The monoisotopic (exact) mass is 265 g/mol. The molecule has 4 rings (SSSR count). The molecule has 0 atom stereocenters. The molecular formula is C13H19N3O3. The molecule has 0 aromatic carbocycles. The molecule has 4 aliphatic rings. The van der Waals surface area contributed by atoms with E-state index in [1.165, 1.54) is 19.3 Å². The summed E-state index contributed by atoms with van der Waals surface area (Å²) in [6.45, 7) is -0.404. The van der Waals surface area contributed by atoms with E-state index in [0.717, 1.165) is 37.0 Å². The van der Waals surface area contributed by atoms with Gasteiger partial charge in [-0.1, -0.05) is 5.11 Å². The van der Waals surface area contributed by atoms with E-state index in [2.05, 4.69) is 15.5 Å². The molecule has 2 N–H and O–H groups in total. The van der Waals surface area contributed by atoms with Crippen molar-refractivity contribution in [2.75, 3.05) is 6.54 Å². The third-order valence-corrected chi connectivity index (χ3v) is 4.75. The minimum Gasteiger partial charge on any atom is -0.480 e. The highest BCUT2D eigenvalue weighted by Crippen LogP contribution is 2.57. The quantitative estimate of drug-likeness (QED) is 0.766. The maximum atomic E-state index is 11.4. The largest absolute Gasteiger partial charge is 0.480 e. The number of carbonyl (C=O) groups is 2. The van der Waals surface area contributed by atoms with Gasteiger partial charge < -0.3 is 10.4 Å². The molecule has 0 aromatic rings. The molecule has 6 nitrogen and oxygen atoms in total. The summed E-state index contributed by atoms with van der Waals surface area (Å²) in [5.74, 6) is 1.20. The maximum Gasteiger partial charge on any atom is 0.359 e. The number of nitrogens with zero attached hydrogens (tertiary/aromatic N) is 2. The van der Waals surface area contributed by atoms with Crippen molar-refractivity contribution in [3.05, 3.63) is 0 Å². The van der Waals surface area contributed by atoms with Gasteiger partial charge in [0.2, 0.25) is 0 Å². The normalized spacial score (nSPS) is 39.7. The molecule has 0 aromatic heterocycles. The van der Waals surface area contributed by atoms with Crippen molar-refractivity contribution in [1.82, 2.24) is 5.32 Å². The van der Waals surface area contributed by atoms with Gasteiger partial charge in [-0.2, -0.15) is 5.11 Å². The lowest BCUT2D eigenvalue weighted by Crippen LogP contribution is -2.49. The van der Waals surface area contributed by atoms with Gasteiger partial charge in [-0.25, -0.2) is 4.79 Å². The number of azo groups is 1. The van der Waals surface area contributed by atoms with Gasteiger partial charge in [0.25, 0.3) is 0 Å². The standard InChI is InChI=1S/C13H19N3O3/c17-11(18)7-14-12(19)15-16-13-4-8-1-9(5-13)3-10(2-8)6-13/h8-10H,1-7H2,(H,14,19)(H,17,18). The molecule has 0 radical (unpaired) electrons. The number of amides is 2. The summed E-state index contributed by atoms with van der Waals surface area (Å²) in [5, 5.41) is 18.7. The number of hydrogen-bond donors (Lipinski definition) is 2. The molecule has 0 heterocycles. The summed E-state index contributed by atoms with van der Waals surface area (Å²) in [5.41, 5.74) is -0.130. The van der Waals surface area contributed by atoms with E-state index in [9.17, 15) is 9.59 Å². The number of urea groups is 1. The topological polar surface area (TPSA) is 91.1 Å². The number of carbonyl (C=O) groups excluding carboxylic acids is 1. The van der Waals surface area contributed by atoms with Crippen LogP contribution in [-0.2, 0) is 4.79 Å². The third-order valence-electron chi connectivity index (χ3n) is 4.75. The van der Waals surface area contributed by atoms with Crippen molar-refractivity contribution >= 4 is 12.0 Å². The van der Waals surface area contributed by atoms with E-state index in [1.54, 1.807) is 0 Å². The van der Waals surface area contributed by atoms with Crippen LogP contribution in [0.3, 0.4) is 0 Å². The van der Waals surface area contributed by atoms with Crippen LogP contribution in [0.25, 0.3) is 0 Å². The Morgan fingerprint density at radius 2 is 1.63 bits per heavy atom. The second-order valence-corrected chi connectivity index (χ2v) is 6.39. The fourth-order valence-corrected chi connectivity index (χ4v) is 4.53. The van der Waals surface area contributed by atoms with Gasteiger partial charge in [0, 0.05) is 0 Å². The predicted molar refractivity (Wildman–Crippen MR) is 66.8 cm³/mol. The van der Waals surface area contributed by atoms with Gasteiger partial charge in [-0.05, 0) is 56.3 Å². The van der Waals surface area contributed by atoms with Crippen molar-refractivity contribution in [2.24, 2.45) is 28.0 Å². The van der Waals surface area contributed by atoms with Crippen molar-refractivity contribution in [1.29, 1.82) is 0 Å². The minimum absolute atomic E-state index is 0.130. The van der Waals surface area contributed by atoms with E-state index < -0.39 is 18.5 Å². The first-order chi connectivity index (χ1) is 9.05. The fourth-order valence-electron chi connectivity index (χ4n) is 4.53. The van der Waals surface area contributed by atoms with Crippen LogP contribution in [-0.4, -0.2) is 29.2 Å². The first-order valence-electron chi connectivity index (χ1n) is 6.97. The average molecular weight is 265 g/mol. The van der Waals surface area contributed by atoms with Crippen molar-refractivity contribution < 1.29 is 14.7 Å². The van der Waals surface area contributed by atoms with Crippen LogP contribution in [0.5, 0.6) is 0 Å². The maximum absolute atomic E-state index is 11.4. The Balaban J connectivity index is 1.62. The molecule has 0 unspecified atom stereocenters. The van der Waals surface area contributed by atoms with Crippen LogP contribution in [0.1, 0.15) is 38.5 Å². The van der Waals surface area contributed by atoms with E-state index in [0.29, 0.717) is 0 Å². The molecule has 0 aliphatic heterocycles. The van der Waals surface area contributed by atoms with Crippen LogP contribution in [0.15, 0.2) is 10.2 Å². The first-order valence-corrected chi connectivity index (χ1v) is 6.97. The Kier molecular flexibility index (Phi) is 3.03. The molecule has 6 heteroatoms. The summed E-state index contributed by atoms with van der Waals surface area (Å²) in [6.07, 6.45) is 7.11. The number of carboxylic acid groups (broad SMARTS) is 1. The smallest absolute Gasteiger partial charge is 0.359 e. The van der Waals surface area contributed by atoms with Crippen molar-refractivity contribution in [2.45, 2.75) is 44.1 Å². The molecule has 4 fully saturated rings. The Hall–Kier alpha value is -1.46. The third kappa shape index (κ3) is 2.62. The molecule has 19 heavy (non-hydrogen) atoms. The highest BCUT2D eigenvalue weighted by atomic mass is 16.4. The van der Waals surface area contributed by atoms with Gasteiger partial charge in [0.1, 0.15) is 6.54 Å². The molecule has 0 saturated heterocycles. The van der Waals surface area contributed by atoms with Gasteiger partial charge in [-0.15, -0.1) is 0 Å². The number of hydrogen-bond acceptors (Lipinski definition) is 3. The highest BCUT2D eigenvalue weighted by molar-refractivity contribution is 5.79. The number of rotatable bonds is 3. The van der Waals surface area contributed by atoms with Crippen LogP contribution in [0.4, 0.5) is 4.79 Å². The first kappa shape index (κ1) is 12.6. The molecular weight excluding hydrogens is 246 g/mol. The van der Waals surface area contributed by atoms with E-state index in [1.807, 2.05) is 0 Å². The lowest BCUT2D eigenvalue weighted by molar-refractivity contribution is -0.135. The van der Waals surface area contributed by atoms with Crippen LogP contribution < -0.4 is 5.32 Å². The van der Waals surface area contributed by atoms with Gasteiger partial charge in [0.15, 0.2) is 0 Å². The summed E-state index contributed by atoms with van der Waals surface area (Å²) < 4.78 is 0. The van der Waals surface area contributed by atoms with Gasteiger partial charge in [0.05, 0.1) is 5.54 Å². The van der Waals surface area contributed by atoms with Crippen molar-refractivity contribution in [3.8, 4) is 0 Å². The molecule has 104 valence electrons. The Morgan fingerprint density at radius 3 is 2.11 bits per heavy atom. The summed E-state index contributed by atoms with van der Waals surface area (Å²) in [4.78, 5) is 21.7. The molecule has 0 spiro atoms. The zero-order valence-corrected chi connectivity index (χ0v) is 10.8. The van der Waals surface area contributed by atoms with Crippen LogP contribution in [0, 0.1) is 17.8 Å². The SMILES string of the molecule is O=C(O)CNC(=O)N=NC12CC3CC(CC(C3)C1)C2. The zero-order chi connectivity index (χ0) is 13.5. The fraction of sp³-hybridized carbons (Fsp3) is 0.846. The summed E-state index contributed by atoms with van der Waals surface area (Å²) in [7, 11) is 0. The lowest BCUT2D eigenvalue weighted by atomic mass is 9.53. The number of carboxylic acids is 1. The number of aliphatic carboxylic acids is 1. The summed E-state index contributed by atoms with van der Waals surface area (Å²) >= 11 is 0. The molecule has 2 amide bonds. The molecule has 4 bridgehead atoms. The highest BCUT2D eigenvalue weighted by Gasteiger charge is 2.51. The van der Waals surface area contributed by atoms with Gasteiger partial charge >= 0.3 is 12.0 Å². The second kappa shape index (κ2) is 4.58. The number of nitrogens with one attached hydrogen (secondary N) is 1. The molecule has 4 aliphatic carbocycles. The van der Waals surface area contributed by atoms with E-state index in [4.69, 9.17) is 5.11 Å². The van der Waals surface area contributed by atoms with E-state index in [-0.39, 0.29) is 5.54 Å². The molecule has 4 saturated carbocycles. The summed E-state index contributed by atoms with van der Waals surface area (Å²) in [6, 6.07) is -0.641. The van der Waals surface area contributed by atoms with Gasteiger partial charge in [-0.3, -0.25) is 4.79 Å². The van der Waals surface area contributed by atoms with E-state index >= 15 is 0 Å². The van der Waals surface area contributed by atoms with Crippen LogP contribution in [0.2, 0.25) is 0 Å². The predicted octanol–water partition coefficient (Wildman–Crippen LogP) is 2.20. The Morgan fingerprint density at radius 1 is 1.11 bits per heavy atom. The Labute approximate surface area is 111 Å². The second-order valence-electron chi connectivity index (χ2n) is 6.39. The average Bonchev–Trinajstić information content (AvgIpc) is 2.32. The lowest BCUT2D eigenvalue weighted by Gasteiger charge is -2.54.